The summed E-state index contributed by atoms with van der Waals surface area (Å²) < 4.78 is 0. The fraction of sp³-hybridized carbons (Fsp3) is 0.368. The van der Waals surface area contributed by atoms with E-state index in [9.17, 15) is 0 Å². The number of fused-ring (bicyclic) bond motifs is 3. The van der Waals surface area contributed by atoms with Crippen molar-refractivity contribution in [1.82, 2.24) is 5.32 Å². The van der Waals surface area contributed by atoms with E-state index in [-0.39, 0.29) is 0 Å². The molecule has 0 heterocycles. The molecule has 0 aromatic heterocycles. The van der Waals surface area contributed by atoms with E-state index in [1.54, 1.807) is 0 Å². The predicted octanol–water partition coefficient (Wildman–Crippen LogP) is 4.66. The molecule has 0 saturated carbocycles. The molecule has 0 amide bonds. The van der Waals surface area contributed by atoms with Gasteiger partial charge in [-0.1, -0.05) is 56.3 Å². The van der Waals surface area contributed by atoms with Gasteiger partial charge in [0.05, 0.1) is 0 Å². The van der Waals surface area contributed by atoms with Crippen LogP contribution in [0.4, 0.5) is 0 Å². The van der Waals surface area contributed by atoms with Crippen molar-refractivity contribution >= 4 is 11.8 Å². The summed E-state index contributed by atoms with van der Waals surface area (Å²) in [6.45, 7) is 4.52. The van der Waals surface area contributed by atoms with Crippen LogP contribution < -0.4 is 5.32 Å². The lowest BCUT2D eigenvalue weighted by Gasteiger charge is -2.18. The molecule has 2 aromatic carbocycles. The normalized spacial score (nSPS) is 14.1. The Labute approximate surface area is 132 Å². The summed E-state index contributed by atoms with van der Waals surface area (Å²) in [4.78, 5) is 0. The first-order valence-electron chi connectivity index (χ1n) is 7.69. The van der Waals surface area contributed by atoms with E-state index in [4.69, 9.17) is 0 Å². The zero-order valence-electron chi connectivity index (χ0n) is 13.0. The van der Waals surface area contributed by atoms with Gasteiger partial charge in [-0.2, -0.15) is 11.8 Å². The summed E-state index contributed by atoms with van der Waals surface area (Å²) in [6, 6.07) is 16.2. The van der Waals surface area contributed by atoms with Gasteiger partial charge in [0.25, 0.3) is 0 Å². The summed E-state index contributed by atoms with van der Waals surface area (Å²) in [6.07, 6.45) is 1.08. The number of nitrogens with one attached hydrogen (secondary N) is 1. The van der Waals surface area contributed by atoms with Crippen LogP contribution in [0.1, 0.15) is 36.6 Å². The van der Waals surface area contributed by atoms with Gasteiger partial charge >= 0.3 is 0 Å². The Hall–Kier alpha value is -1.25. The van der Waals surface area contributed by atoms with Crippen LogP contribution in [0.3, 0.4) is 0 Å². The highest BCUT2D eigenvalue weighted by atomic mass is 32.2. The number of rotatable bonds is 5. The molecule has 0 saturated heterocycles. The Morgan fingerprint density at radius 2 is 1.81 bits per heavy atom. The van der Waals surface area contributed by atoms with Gasteiger partial charge in [-0.15, -0.1) is 0 Å². The van der Waals surface area contributed by atoms with Crippen molar-refractivity contribution in [2.24, 2.45) is 0 Å². The minimum atomic E-state index is 0.436. The SMILES string of the molecule is CNC(CSC(C)C)c1ccc2c(c1)Cc1ccccc1-2. The van der Waals surface area contributed by atoms with Crippen molar-refractivity contribution < 1.29 is 0 Å². The Morgan fingerprint density at radius 3 is 2.57 bits per heavy atom. The van der Waals surface area contributed by atoms with Gasteiger partial charge in [0.2, 0.25) is 0 Å². The van der Waals surface area contributed by atoms with Gasteiger partial charge in [0.1, 0.15) is 0 Å². The highest BCUT2D eigenvalue weighted by Gasteiger charge is 2.19. The predicted molar refractivity (Wildman–Crippen MR) is 94.1 cm³/mol. The number of benzene rings is 2. The average Bonchev–Trinajstić information content (AvgIpc) is 2.85. The number of hydrogen-bond donors (Lipinski definition) is 1. The molecule has 0 bridgehead atoms. The second-order valence-corrected chi connectivity index (χ2v) is 7.58. The second kappa shape index (κ2) is 6.25. The summed E-state index contributed by atoms with van der Waals surface area (Å²) in [5.74, 6) is 1.12. The lowest BCUT2D eigenvalue weighted by Crippen LogP contribution is -2.19. The molecule has 1 N–H and O–H groups in total. The molecule has 1 aliphatic rings. The Morgan fingerprint density at radius 1 is 1.05 bits per heavy atom. The fourth-order valence-corrected chi connectivity index (χ4v) is 3.95. The summed E-state index contributed by atoms with van der Waals surface area (Å²) in [5, 5.41) is 4.15. The molecular formula is C19H23NS. The van der Waals surface area contributed by atoms with Crippen molar-refractivity contribution in [2.75, 3.05) is 12.8 Å². The van der Waals surface area contributed by atoms with E-state index in [1.807, 2.05) is 11.8 Å². The molecule has 1 unspecified atom stereocenters. The lowest BCUT2D eigenvalue weighted by atomic mass is 10.0. The molecular weight excluding hydrogens is 274 g/mol. The quantitative estimate of drug-likeness (QED) is 0.735. The average molecular weight is 297 g/mol. The molecule has 21 heavy (non-hydrogen) atoms. The molecule has 3 rings (SSSR count). The maximum absolute atomic E-state index is 3.47. The Kier molecular flexibility index (Phi) is 4.37. The molecule has 110 valence electrons. The first kappa shape index (κ1) is 14.7. The third-order valence-electron chi connectivity index (χ3n) is 4.16. The molecule has 2 aromatic rings. The first-order chi connectivity index (χ1) is 10.2. The van der Waals surface area contributed by atoms with Gasteiger partial charge in [-0.25, -0.2) is 0 Å². The molecule has 0 fully saturated rings. The fourth-order valence-electron chi connectivity index (χ4n) is 3.02. The lowest BCUT2D eigenvalue weighted by molar-refractivity contribution is 0.660. The van der Waals surface area contributed by atoms with Crippen LogP contribution in [0.15, 0.2) is 42.5 Å². The van der Waals surface area contributed by atoms with Crippen LogP contribution >= 0.6 is 11.8 Å². The monoisotopic (exact) mass is 297 g/mol. The van der Waals surface area contributed by atoms with Gasteiger partial charge in [0.15, 0.2) is 0 Å². The van der Waals surface area contributed by atoms with Gasteiger partial charge in [-0.3, -0.25) is 0 Å². The zero-order valence-corrected chi connectivity index (χ0v) is 13.8. The van der Waals surface area contributed by atoms with Crippen LogP contribution in [0.5, 0.6) is 0 Å². The minimum absolute atomic E-state index is 0.436. The van der Waals surface area contributed by atoms with Crippen LogP contribution in [0, 0.1) is 0 Å². The molecule has 0 aliphatic heterocycles. The van der Waals surface area contributed by atoms with Crippen molar-refractivity contribution in [3.8, 4) is 11.1 Å². The summed E-state index contributed by atoms with van der Waals surface area (Å²) >= 11 is 2.02. The molecule has 0 spiro atoms. The van der Waals surface area contributed by atoms with E-state index < -0.39 is 0 Å². The van der Waals surface area contributed by atoms with E-state index in [1.165, 1.54) is 27.8 Å². The standard InChI is InChI=1S/C19H23NS/c1-13(2)21-12-19(20-3)15-8-9-18-16(11-15)10-14-6-4-5-7-17(14)18/h4-9,11,13,19-20H,10,12H2,1-3H3. The van der Waals surface area contributed by atoms with Crippen molar-refractivity contribution in [3.05, 3.63) is 59.2 Å². The van der Waals surface area contributed by atoms with Crippen molar-refractivity contribution in [2.45, 2.75) is 31.6 Å². The second-order valence-electron chi connectivity index (χ2n) is 5.97. The van der Waals surface area contributed by atoms with E-state index in [2.05, 4.69) is 68.7 Å². The topological polar surface area (TPSA) is 12.0 Å². The van der Waals surface area contributed by atoms with E-state index in [0.717, 1.165) is 12.2 Å². The molecule has 0 radical (unpaired) electrons. The Balaban J connectivity index is 1.86. The van der Waals surface area contributed by atoms with E-state index >= 15 is 0 Å². The van der Waals surface area contributed by atoms with Crippen LogP contribution in [-0.4, -0.2) is 18.1 Å². The maximum Gasteiger partial charge on any atom is 0.0409 e. The molecule has 2 heteroatoms. The van der Waals surface area contributed by atoms with Crippen LogP contribution in [-0.2, 0) is 6.42 Å². The van der Waals surface area contributed by atoms with Gasteiger partial charge < -0.3 is 5.32 Å². The zero-order chi connectivity index (χ0) is 14.8. The number of hydrogen-bond acceptors (Lipinski definition) is 2. The van der Waals surface area contributed by atoms with E-state index in [0.29, 0.717) is 11.3 Å². The van der Waals surface area contributed by atoms with Crippen LogP contribution in [0.25, 0.3) is 11.1 Å². The minimum Gasteiger partial charge on any atom is -0.312 e. The Bertz CT molecular complexity index is 633. The largest absolute Gasteiger partial charge is 0.312 e. The third kappa shape index (κ3) is 3.02. The molecule has 1 atom stereocenters. The third-order valence-corrected chi connectivity index (χ3v) is 5.36. The maximum atomic E-state index is 3.47. The molecule has 1 aliphatic carbocycles. The highest BCUT2D eigenvalue weighted by molar-refractivity contribution is 7.99. The highest BCUT2D eigenvalue weighted by Crippen LogP contribution is 2.37. The first-order valence-corrected chi connectivity index (χ1v) is 8.74. The summed E-state index contributed by atoms with van der Waals surface area (Å²) in [5.41, 5.74) is 7.18. The molecule has 1 nitrogen and oxygen atoms in total. The van der Waals surface area contributed by atoms with Crippen molar-refractivity contribution in [3.63, 3.8) is 0 Å². The van der Waals surface area contributed by atoms with Crippen LogP contribution in [0.2, 0.25) is 0 Å². The number of thioether (sulfide) groups is 1. The van der Waals surface area contributed by atoms with Gasteiger partial charge in [0, 0.05) is 11.8 Å². The van der Waals surface area contributed by atoms with Crippen molar-refractivity contribution in [1.29, 1.82) is 0 Å². The summed E-state index contributed by atoms with van der Waals surface area (Å²) in [7, 11) is 2.06. The van der Waals surface area contributed by atoms with Gasteiger partial charge in [-0.05, 0) is 46.5 Å². The smallest absolute Gasteiger partial charge is 0.0409 e.